The van der Waals surface area contributed by atoms with Crippen molar-refractivity contribution in [2.75, 3.05) is 13.1 Å². The SMILES string of the molecule is C=CCN(CC=C)[SiH](C)[Ti]([C]1=CC=CC1)[C]1=CC=CC1.Cl.Cl. The minimum absolute atomic E-state index is 0. The molecule has 1 atom stereocenters. The number of hydrogen-bond donors (Lipinski definition) is 0. The number of allylic oxidation sites excluding steroid dienone is 8. The molecule has 0 N–H and O–H groups in total. The molecule has 1 nitrogen and oxygen atoms in total. The van der Waals surface area contributed by atoms with Crippen molar-refractivity contribution in [3.8, 4) is 0 Å². The third-order valence-corrected chi connectivity index (χ3v) is 18.3. The van der Waals surface area contributed by atoms with E-state index in [1.54, 1.807) is 7.76 Å². The van der Waals surface area contributed by atoms with Crippen LogP contribution in [0.5, 0.6) is 0 Å². The van der Waals surface area contributed by atoms with E-state index in [2.05, 4.69) is 60.7 Å². The summed E-state index contributed by atoms with van der Waals surface area (Å²) in [7, 11) is 0. The molecular formula is C17H26Cl2NSiTi. The van der Waals surface area contributed by atoms with Gasteiger partial charge in [0.15, 0.2) is 0 Å². The topological polar surface area (TPSA) is 3.24 Å². The van der Waals surface area contributed by atoms with E-state index in [0.29, 0.717) is 0 Å². The molecule has 0 aromatic rings. The first kappa shape index (κ1) is 21.9. The van der Waals surface area contributed by atoms with Gasteiger partial charge in [0.25, 0.3) is 0 Å². The molecule has 0 aromatic heterocycles. The van der Waals surface area contributed by atoms with Crippen LogP contribution in [-0.2, 0) is 17.1 Å². The fourth-order valence-electron chi connectivity index (χ4n) is 2.94. The van der Waals surface area contributed by atoms with E-state index in [1.807, 2.05) is 12.2 Å². The van der Waals surface area contributed by atoms with E-state index in [-0.39, 0.29) is 24.8 Å². The molecule has 0 spiro atoms. The molecule has 0 bridgehead atoms. The minimum atomic E-state index is -1.31. The number of rotatable bonds is 8. The zero-order chi connectivity index (χ0) is 14.4. The Morgan fingerprint density at radius 3 is 1.82 bits per heavy atom. The minimum Gasteiger partial charge on any atom is -0.147 e. The van der Waals surface area contributed by atoms with Gasteiger partial charge < -0.3 is 0 Å². The van der Waals surface area contributed by atoms with Gasteiger partial charge in [-0.05, 0) is 0 Å². The smallest absolute Gasteiger partial charge is 0.147 e. The van der Waals surface area contributed by atoms with Crippen molar-refractivity contribution in [3.63, 3.8) is 0 Å². The first-order valence-corrected chi connectivity index (χ1v) is 13.8. The molecule has 2 aliphatic carbocycles. The van der Waals surface area contributed by atoms with Crippen LogP contribution < -0.4 is 0 Å². The van der Waals surface area contributed by atoms with Gasteiger partial charge in [0.2, 0.25) is 0 Å². The van der Waals surface area contributed by atoms with E-state index in [4.69, 9.17) is 0 Å². The van der Waals surface area contributed by atoms with Crippen LogP contribution in [0.15, 0.2) is 69.5 Å². The van der Waals surface area contributed by atoms with Crippen molar-refractivity contribution >= 4 is 31.6 Å². The van der Waals surface area contributed by atoms with Gasteiger partial charge in [0, 0.05) is 0 Å². The normalized spacial score (nSPS) is 16.5. The second kappa shape index (κ2) is 11.4. The third-order valence-electron chi connectivity index (χ3n) is 3.93. The third kappa shape index (κ3) is 5.52. The second-order valence-corrected chi connectivity index (χ2v) is 16.9. The molecule has 121 valence electrons. The van der Waals surface area contributed by atoms with Gasteiger partial charge in [-0.1, -0.05) is 0 Å². The van der Waals surface area contributed by atoms with Gasteiger partial charge in [0.05, 0.1) is 0 Å². The van der Waals surface area contributed by atoms with Crippen LogP contribution in [0.3, 0.4) is 0 Å². The van der Waals surface area contributed by atoms with Crippen molar-refractivity contribution in [1.29, 1.82) is 0 Å². The molecule has 0 saturated carbocycles. The largest absolute Gasteiger partial charge is 0.147 e. The number of hydrogen-bond acceptors (Lipinski definition) is 1. The fraction of sp³-hybridized carbons (Fsp3) is 0.294. The molecule has 0 aromatic carbocycles. The van der Waals surface area contributed by atoms with Crippen molar-refractivity contribution < 1.29 is 17.1 Å². The Hall–Kier alpha value is -0.0888. The van der Waals surface area contributed by atoms with Gasteiger partial charge >= 0.3 is 131 Å². The van der Waals surface area contributed by atoms with Gasteiger partial charge in [0.1, 0.15) is 0 Å². The predicted molar refractivity (Wildman–Crippen MR) is 103 cm³/mol. The summed E-state index contributed by atoms with van der Waals surface area (Å²) in [5.74, 6) is 0. The van der Waals surface area contributed by atoms with E-state index in [1.165, 1.54) is 12.8 Å². The van der Waals surface area contributed by atoms with Crippen LogP contribution in [0, 0.1) is 0 Å². The zero-order valence-electron chi connectivity index (χ0n) is 13.2. The quantitative estimate of drug-likeness (QED) is 0.430. The Morgan fingerprint density at radius 1 is 1.05 bits per heavy atom. The molecule has 2 aliphatic rings. The molecular weight excluding hydrogens is 365 g/mol. The van der Waals surface area contributed by atoms with Crippen LogP contribution in [0.25, 0.3) is 0 Å². The van der Waals surface area contributed by atoms with Gasteiger partial charge in [-0.2, -0.15) is 0 Å². The molecule has 0 heterocycles. The average Bonchev–Trinajstić information content (AvgIpc) is 3.12. The molecule has 0 amide bonds. The predicted octanol–water partition coefficient (Wildman–Crippen LogP) is 4.66. The summed E-state index contributed by atoms with van der Waals surface area (Å²) >= 11 is -1.31. The molecule has 0 saturated heterocycles. The molecule has 0 radical (unpaired) electrons. The van der Waals surface area contributed by atoms with Crippen LogP contribution in [-0.4, -0.2) is 24.5 Å². The first-order chi connectivity index (χ1) is 9.77. The Labute approximate surface area is 154 Å². The molecule has 1 unspecified atom stereocenters. The van der Waals surface area contributed by atoms with Crippen LogP contribution in [0.4, 0.5) is 0 Å². The van der Waals surface area contributed by atoms with Crippen molar-refractivity contribution in [2.45, 2.75) is 19.4 Å². The van der Waals surface area contributed by atoms with Crippen molar-refractivity contribution in [1.82, 2.24) is 4.57 Å². The van der Waals surface area contributed by atoms with E-state index in [0.717, 1.165) is 13.1 Å². The number of halogens is 2. The standard InChI is InChI=1S/C7H14NSi.2C5H5.2ClH.Ti/c1-4-6-8(9-3)7-5-2;2*1-2-4-5-3-1;;;/h4-5,9H,1-2,6-7H2,3H3;2*1-3H,4H2;2*1H;. The Balaban J connectivity index is 0.00000220. The Morgan fingerprint density at radius 2 is 1.50 bits per heavy atom. The van der Waals surface area contributed by atoms with Crippen LogP contribution in [0.1, 0.15) is 12.8 Å². The van der Waals surface area contributed by atoms with Crippen LogP contribution in [0.2, 0.25) is 6.55 Å². The van der Waals surface area contributed by atoms with Crippen molar-refractivity contribution in [2.24, 2.45) is 0 Å². The first-order valence-electron chi connectivity index (χ1n) is 7.32. The van der Waals surface area contributed by atoms with Crippen molar-refractivity contribution in [3.05, 3.63) is 69.5 Å². The maximum Gasteiger partial charge on any atom is -0.147 e. The maximum absolute atomic E-state index is 3.93. The molecule has 2 rings (SSSR count). The Kier molecular flexibility index (Phi) is 11.4. The molecule has 0 aliphatic heterocycles. The molecule has 5 heteroatoms. The van der Waals surface area contributed by atoms with Gasteiger partial charge in [-0.3, -0.25) is 0 Å². The summed E-state index contributed by atoms with van der Waals surface area (Å²) in [6.07, 6.45) is 20.4. The maximum atomic E-state index is 3.93. The van der Waals surface area contributed by atoms with E-state index < -0.39 is 24.0 Å². The molecule has 22 heavy (non-hydrogen) atoms. The zero-order valence-corrected chi connectivity index (χ0v) is 17.6. The number of nitrogens with zero attached hydrogens (tertiary/aromatic N) is 1. The van der Waals surface area contributed by atoms with Gasteiger partial charge in [-0.15, -0.1) is 24.8 Å². The fourth-order valence-corrected chi connectivity index (χ4v) is 17.4. The summed E-state index contributed by atoms with van der Waals surface area (Å²) in [4.78, 5) is 0. The average molecular weight is 391 g/mol. The molecule has 0 fully saturated rings. The van der Waals surface area contributed by atoms with E-state index >= 15 is 0 Å². The summed E-state index contributed by atoms with van der Waals surface area (Å²) in [6.45, 7) is 11.5. The summed E-state index contributed by atoms with van der Waals surface area (Å²) in [5.41, 5.74) is 0. The second-order valence-electron chi connectivity index (χ2n) is 5.27. The summed E-state index contributed by atoms with van der Waals surface area (Å²) in [5, 5.41) is 0. The van der Waals surface area contributed by atoms with E-state index in [9.17, 15) is 0 Å². The monoisotopic (exact) mass is 390 g/mol. The van der Waals surface area contributed by atoms with Crippen LogP contribution >= 0.6 is 24.8 Å². The van der Waals surface area contributed by atoms with Gasteiger partial charge in [-0.25, -0.2) is 0 Å². The Bertz CT molecular complexity index is 457. The summed E-state index contributed by atoms with van der Waals surface area (Å²) < 4.78 is 6.18. The summed E-state index contributed by atoms with van der Waals surface area (Å²) in [6, 6.07) is 0.